The number of halogens is 3. The Bertz CT molecular complexity index is 1070. The first kappa shape index (κ1) is 19.3. The van der Waals surface area contributed by atoms with Crippen LogP contribution in [0.2, 0.25) is 10.0 Å². The molecule has 0 fully saturated rings. The van der Waals surface area contributed by atoms with Gasteiger partial charge in [-0.25, -0.2) is 4.99 Å². The van der Waals surface area contributed by atoms with Crippen molar-refractivity contribution in [1.82, 2.24) is 0 Å². The maximum Gasteiger partial charge on any atom is 0.219 e. The quantitative estimate of drug-likeness (QED) is 0.410. The molecule has 0 spiro atoms. The van der Waals surface area contributed by atoms with Crippen molar-refractivity contribution < 1.29 is 9.47 Å². The van der Waals surface area contributed by atoms with E-state index >= 15 is 0 Å². The minimum atomic E-state index is -0.518. The van der Waals surface area contributed by atoms with E-state index in [1.807, 2.05) is 60.7 Å². The second-order valence-electron chi connectivity index (χ2n) is 6.34. The molecule has 142 valence electrons. The predicted molar refractivity (Wildman–Crippen MR) is 117 cm³/mol. The molecule has 3 aromatic carbocycles. The van der Waals surface area contributed by atoms with E-state index in [-0.39, 0.29) is 0 Å². The first-order valence-electron chi connectivity index (χ1n) is 8.65. The van der Waals surface area contributed by atoms with Gasteiger partial charge in [-0.05, 0) is 54.1 Å². The molecule has 0 radical (unpaired) electrons. The van der Waals surface area contributed by atoms with E-state index in [2.05, 4.69) is 15.9 Å². The lowest BCUT2D eigenvalue weighted by atomic mass is 9.99. The van der Waals surface area contributed by atoms with E-state index in [1.165, 1.54) is 0 Å². The zero-order valence-electron chi connectivity index (χ0n) is 15.0. The van der Waals surface area contributed by atoms with Gasteiger partial charge in [0.05, 0.1) is 18.4 Å². The number of aliphatic imine (C=N–C) groups is 1. The summed E-state index contributed by atoms with van der Waals surface area (Å²) in [7, 11) is 1.64. The molecule has 1 aliphatic heterocycles. The molecule has 6 heteroatoms. The normalized spacial score (nSPS) is 15.4. The zero-order valence-corrected chi connectivity index (χ0v) is 18.1. The summed E-state index contributed by atoms with van der Waals surface area (Å²) in [5.41, 5.74) is 3.73. The van der Waals surface area contributed by atoms with Crippen LogP contribution in [0.25, 0.3) is 0 Å². The molecule has 0 aliphatic carbocycles. The van der Waals surface area contributed by atoms with Gasteiger partial charge < -0.3 is 9.47 Å². The number of fused-ring (bicyclic) bond motifs is 1. The first-order chi connectivity index (χ1) is 13.5. The van der Waals surface area contributed by atoms with Crippen LogP contribution in [0.4, 0.5) is 0 Å². The maximum atomic E-state index is 6.21. The second-order valence-corrected chi connectivity index (χ2v) is 8.07. The third-order valence-corrected chi connectivity index (χ3v) is 5.78. The van der Waals surface area contributed by atoms with Crippen LogP contribution < -0.4 is 9.47 Å². The molecule has 0 saturated heterocycles. The fourth-order valence-electron chi connectivity index (χ4n) is 3.19. The summed E-state index contributed by atoms with van der Waals surface area (Å²) >= 11 is 16.0. The van der Waals surface area contributed by atoms with Crippen molar-refractivity contribution in [1.29, 1.82) is 0 Å². The number of hydrogen-bond acceptors (Lipinski definition) is 3. The molecule has 0 saturated carbocycles. The summed E-state index contributed by atoms with van der Waals surface area (Å²) in [5, 5.41) is 1.30. The molecule has 4 rings (SSSR count). The van der Waals surface area contributed by atoms with Crippen molar-refractivity contribution >= 4 is 44.8 Å². The van der Waals surface area contributed by atoms with Gasteiger partial charge in [0, 0.05) is 26.5 Å². The van der Waals surface area contributed by atoms with Crippen molar-refractivity contribution in [3.63, 3.8) is 0 Å². The van der Waals surface area contributed by atoms with Crippen molar-refractivity contribution in [3.8, 4) is 11.5 Å². The molecule has 0 aromatic heterocycles. The van der Waals surface area contributed by atoms with E-state index in [1.54, 1.807) is 7.11 Å². The predicted octanol–water partition coefficient (Wildman–Crippen LogP) is 6.89. The smallest absolute Gasteiger partial charge is 0.219 e. The summed E-state index contributed by atoms with van der Waals surface area (Å²) in [6.45, 7) is 0. The number of nitrogens with zero attached hydrogens (tertiary/aromatic N) is 1. The van der Waals surface area contributed by atoms with E-state index in [4.69, 9.17) is 37.7 Å². The van der Waals surface area contributed by atoms with Gasteiger partial charge in [0.25, 0.3) is 0 Å². The van der Waals surface area contributed by atoms with Gasteiger partial charge in [0.15, 0.2) is 0 Å². The van der Waals surface area contributed by atoms with Crippen LogP contribution in [0.15, 0.2) is 70.1 Å². The van der Waals surface area contributed by atoms with Crippen LogP contribution in [-0.2, 0) is 6.42 Å². The Hall–Kier alpha value is -2.01. The molecule has 0 bridgehead atoms. The van der Waals surface area contributed by atoms with E-state index < -0.39 is 6.23 Å². The minimum absolute atomic E-state index is 0.518. The maximum absolute atomic E-state index is 6.21. The molecule has 3 aromatic rings. The minimum Gasteiger partial charge on any atom is -0.496 e. The number of rotatable bonds is 4. The molecule has 1 heterocycles. The van der Waals surface area contributed by atoms with E-state index in [0.717, 1.165) is 32.6 Å². The fraction of sp³-hybridized carbons (Fsp3) is 0.136. The number of ether oxygens (including phenoxy) is 2. The summed E-state index contributed by atoms with van der Waals surface area (Å²) in [6.07, 6.45) is 0.0835. The summed E-state index contributed by atoms with van der Waals surface area (Å²) < 4.78 is 12.7. The molecule has 1 aliphatic rings. The standard InChI is InChI=1S/C22H16BrCl2NO2/c1-27-20-5-3-2-4-17(20)22-26-19(11-13-10-14(24)7-9-18(13)23)16-8-6-15(25)12-21(16)28-22/h2-10,12,22H,11H2,1H3. The highest BCUT2D eigenvalue weighted by atomic mass is 79.9. The Kier molecular flexibility index (Phi) is 5.63. The Morgan fingerprint density at radius 2 is 1.79 bits per heavy atom. The van der Waals surface area contributed by atoms with Crippen molar-refractivity contribution in [2.75, 3.05) is 7.11 Å². The van der Waals surface area contributed by atoms with Crippen LogP contribution in [0.5, 0.6) is 11.5 Å². The van der Waals surface area contributed by atoms with Gasteiger partial charge in [-0.1, -0.05) is 51.3 Å². The van der Waals surface area contributed by atoms with Crippen molar-refractivity contribution in [2.45, 2.75) is 12.6 Å². The molecule has 3 nitrogen and oxygen atoms in total. The highest BCUT2D eigenvalue weighted by Crippen LogP contribution is 2.38. The Labute approximate surface area is 182 Å². The highest BCUT2D eigenvalue weighted by molar-refractivity contribution is 9.10. The fourth-order valence-corrected chi connectivity index (χ4v) is 3.94. The first-order valence-corrected chi connectivity index (χ1v) is 10.2. The molecule has 0 amide bonds. The number of methoxy groups -OCH3 is 1. The average Bonchev–Trinajstić information content (AvgIpc) is 2.70. The lowest BCUT2D eigenvalue weighted by Gasteiger charge is -2.26. The third-order valence-electron chi connectivity index (χ3n) is 4.54. The number of hydrogen-bond donors (Lipinski definition) is 0. The van der Waals surface area contributed by atoms with Crippen LogP contribution in [-0.4, -0.2) is 12.8 Å². The molecule has 1 atom stereocenters. The van der Waals surface area contributed by atoms with Crippen molar-refractivity contribution in [2.24, 2.45) is 4.99 Å². The average molecular weight is 477 g/mol. The van der Waals surface area contributed by atoms with Crippen LogP contribution in [0, 0.1) is 0 Å². The summed E-state index contributed by atoms with van der Waals surface area (Å²) in [6, 6.07) is 19.1. The molecule has 1 unspecified atom stereocenters. The Balaban J connectivity index is 1.80. The topological polar surface area (TPSA) is 30.8 Å². The lowest BCUT2D eigenvalue weighted by molar-refractivity contribution is 0.205. The van der Waals surface area contributed by atoms with Gasteiger partial charge >= 0.3 is 0 Å². The molecule has 28 heavy (non-hydrogen) atoms. The zero-order chi connectivity index (χ0) is 19.7. The Morgan fingerprint density at radius 1 is 1.04 bits per heavy atom. The van der Waals surface area contributed by atoms with Gasteiger partial charge in [-0.3, -0.25) is 0 Å². The van der Waals surface area contributed by atoms with Crippen LogP contribution in [0.3, 0.4) is 0 Å². The summed E-state index contributed by atoms with van der Waals surface area (Å²) in [4.78, 5) is 4.91. The monoisotopic (exact) mass is 475 g/mol. The van der Waals surface area contributed by atoms with Crippen LogP contribution in [0.1, 0.15) is 22.9 Å². The van der Waals surface area contributed by atoms with E-state index in [9.17, 15) is 0 Å². The third kappa shape index (κ3) is 3.90. The lowest BCUT2D eigenvalue weighted by Crippen LogP contribution is -2.19. The highest BCUT2D eigenvalue weighted by Gasteiger charge is 2.26. The largest absolute Gasteiger partial charge is 0.496 e. The molecular weight excluding hydrogens is 461 g/mol. The molecule has 0 N–H and O–H groups in total. The number of benzene rings is 3. The van der Waals surface area contributed by atoms with Gasteiger partial charge in [-0.15, -0.1) is 0 Å². The molecular formula is C22H16BrCl2NO2. The van der Waals surface area contributed by atoms with Gasteiger partial charge in [0.2, 0.25) is 6.23 Å². The van der Waals surface area contributed by atoms with Crippen LogP contribution >= 0.6 is 39.1 Å². The van der Waals surface area contributed by atoms with Gasteiger partial charge in [0.1, 0.15) is 11.5 Å². The SMILES string of the molecule is COc1ccccc1C1N=C(Cc2cc(Cl)ccc2Br)c2ccc(Cl)cc2O1. The second kappa shape index (κ2) is 8.16. The summed E-state index contributed by atoms with van der Waals surface area (Å²) in [5.74, 6) is 1.43. The van der Waals surface area contributed by atoms with Gasteiger partial charge in [-0.2, -0.15) is 0 Å². The van der Waals surface area contributed by atoms with E-state index in [0.29, 0.717) is 22.2 Å². The number of para-hydroxylation sites is 1. The van der Waals surface area contributed by atoms with Crippen molar-refractivity contribution in [3.05, 3.63) is 91.9 Å². The Morgan fingerprint density at radius 3 is 2.61 bits per heavy atom.